The molecule has 0 saturated heterocycles. The van der Waals surface area contributed by atoms with Gasteiger partial charge in [-0.05, 0) is 20.4 Å². The lowest BCUT2D eigenvalue weighted by Gasteiger charge is -2.22. The van der Waals surface area contributed by atoms with Crippen LogP contribution in [0.5, 0.6) is 0 Å². The van der Waals surface area contributed by atoms with Crippen LogP contribution in [0.2, 0.25) is 0 Å². The zero-order valence-corrected chi connectivity index (χ0v) is 10.1. The van der Waals surface area contributed by atoms with Crippen LogP contribution in [0.1, 0.15) is 20.8 Å². The molecule has 1 unspecified atom stereocenters. The predicted molar refractivity (Wildman–Crippen MR) is 61.0 cm³/mol. The molecule has 4 N–H and O–H groups in total. The molecular weight excluding hydrogens is 210 g/mol. The van der Waals surface area contributed by atoms with E-state index in [1.807, 2.05) is 20.8 Å². The monoisotopic (exact) mass is 231 g/mol. The molecular formula is C10H21N3O3. The third-order valence-electron chi connectivity index (χ3n) is 2.04. The van der Waals surface area contributed by atoms with Crippen molar-refractivity contribution >= 4 is 11.9 Å². The molecule has 0 spiro atoms. The number of likely N-dealkylation sites (N-methyl/N-ethyl adjacent to an activating group) is 1. The highest BCUT2D eigenvalue weighted by molar-refractivity contribution is 5.78. The quantitative estimate of drug-likeness (QED) is 0.535. The fourth-order valence-electron chi connectivity index (χ4n) is 1.23. The first-order valence-corrected chi connectivity index (χ1v) is 5.36. The van der Waals surface area contributed by atoms with Crippen molar-refractivity contribution in [1.82, 2.24) is 10.2 Å². The minimum atomic E-state index is -1.05. The summed E-state index contributed by atoms with van der Waals surface area (Å²) < 4.78 is 0. The summed E-state index contributed by atoms with van der Waals surface area (Å²) >= 11 is 0. The Morgan fingerprint density at radius 2 is 2.00 bits per heavy atom. The molecule has 16 heavy (non-hydrogen) atoms. The van der Waals surface area contributed by atoms with E-state index >= 15 is 0 Å². The van der Waals surface area contributed by atoms with Gasteiger partial charge in [0.15, 0.2) is 0 Å². The van der Waals surface area contributed by atoms with Crippen LogP contribution >= 0.6 is 0 Å². The molecule has 0 fully saturated rings. The number of amides is 1. The molecule has 0 aromatic heterocycles. The zero-order valence-electron chi connectivity index (χ0n) is 10.1. The molecule has 0 heterocycles. The molecule has 0 saturated carbocycles. The predicted octanol–water partition coefficient (Wildman–Crippen LogP) is -0.755. The van der Waals surface area contributed by atoms with Crippen molar-refractivity contribution in [3.05, 3.63) is 0 Å². The average molecular weight is 231 g/mol. The third-order valence-corrected chi connectivity index (χ3v) is 2.04. The Balaban J connectivity index is 4.09. The van der Waals surface area contributed by atoms with Crippen LogP contribution in [0.15, 0.2) is 0 Å². The highest BCUT2D eigenvalue weighted by atomic mass is 16.4. The Hall–Kier alpha value is -1.14. The van der Waals surface area contributed by atoms with Gasteiger partial charge in [0.25, 0.3) is 0 Å². The number of carbonyl (C=O) groups excluding carboxylic acids is 1. The maximum absolute atomic E-state index is 11.4. The van der Waals surface area contributed by atoms with E-state index in [9.17, 15) is 9.59 Å². The average Bonchev–Trinajstić information content (AvgIpc) is 2.14. The normalized spacial score (nSPS) is 12.9. The molecule has 0 rings (SSSR count). The summed E-state index contributed by atoms with van der Waals surface area (Å²) in [7, 11) is 0. The second kappa shape index (κ2) is 7.19. The number of nitrogens with two attached hydrogens (primary N) is 1. The summed E-state index contributed by atoms with van der Waals surface area (Å²) in [6.45, 7) is 6.55. The number of carboxylic acid groups (broad SMARTS) is 1. The summed E-state index contributed by atoms with van der Waals surface area (Å²) in [5.74, 6) is -1.17. The molecule has 0 aliphatic heterocycles. The highest BCUT2D eigenvalue weighted by Gasteiger charge is 2.17. The number of nitrogens with zero attached hydrogens (tertiary/aromatic N) is 1. The lowest BCUT2D eigenvalue weighted by molar-refractivity contribution is -0.139. The molecule has 1 amide bonds. The zero-order chi connectivity index (χ0) is 12.7. The van der Waals surface area contributed by atoms with E-state index in [0.717, 1.165) is 0 Å². The van der Waals surface area contributed by atoms with E-state index in [2.05, 4.69) is 5.32 Å². The summed E-state index contributed by atoms with van der Waals surface area (Å²) in [4.78, 5) is 23.7. The molecule has 0 aliphatic rings. The Labute approximate surface area is 95.8 Å². The number of carboxylic acids is 1. The van der Waals surface area contributed by atoms with Crippen LogP contribution in [-0.2, 0) is 9.59 Å². The van der Waals surface area contributed by atoms with Crippen molar-refractivity contribution in [1.29, 1.82) is 0 Å². The summed E-state index contributed by atoms with van der Waals surface area (Å²) in [6.07, 6.45) is 0. The van der Waals surface area contributed by atoms with E-state index in [4.69, 9.17) is 10.8 Å². The maximum Gasteiger partial charge on any atom is 0.321 e. The van der Waals surface area contributed by atoms with Gasteiger partial charge < -0.3 is 16.2 Å². The molecule has 0 aromatic carbocycles. The Kier molecular flexibility index (Phi) is 6.67. The fraction of sp³-hybridized carbons (Fsp3) is 0.800. The summed E-state index contributed by atoms with van der Waals surface area (Å²) in [5.41, 5.74) is 5.40. The number of hydrogen-bond donors (Lipinski definition) is 3. The van der Waals surface area contributed by atoms with Crippen molar-refractivity contribution in [2.75, 3.05) is 19.6 Å². The molecule has 0 radical (unpaired) electrons. The number of nitrogens with one attached hydrogen (secondary N) is 1. The molecule has 94 valence electrons. The first kappa shape index (κ1) is 14.9. The minimum Gasteiger partial charge on any atom is -0.480 e. The number of rotatable bonds is 7. The molecule has 0 bridgehead atoms. The van der Waals surface area contributed by atoms with Gasteiger partial charge in [-0.25, -0.2) is 0 Å². The molecule has 6 heteroatoms. The van der Waals surface area contributed by atoms with Gasteiger partial charge in [-0.2, -0.15) is 0 Å². The smallest absolute Gasteiger partial charge is 0.321 e. The van der Waals surface area contributed by atoms with Crippen LogP contribution in [-0.4, -0.2) is 53.6 Å². The molecule has 1 atom stereocenters. The largest absolute Gasteiger partial charge is 0.480 e. The van der Waals surface area contributed by atoms with Gasteiger partial charge in [0.2, 0.25) is 5.91 Å². The van der Waals surface area contributed by atoms with Crippen molar-refractivity contribution in [2.24, 2.45) is 5.73 Å². The van der Waals surface area contributed by atoms with Crippen molar-refractivity contribution in [3.63, 3.8) is 0 Å². The second-order valence-corrected chi connectivity index (χ2v) is 3.99. The Bertz CT molecular complexity index is 243. The van der Waals surface area contributed by atoms with Gasteiger partial charge in [-0.15, -0.1) is 0 Å². The van der Waals surface area contributed by atoms with E-state index in [1.165, 1.54) is 0 Å². The SMILES string of the molecule is CCN(CC(=O)NC(C)C)CC(N)C(=O)O. The van der Waals surface area contributed by atoms with Gasteiger partial charge in [0.1, 0.15) is 6.04 Å². The highest BCUT2D eigenvalue weighted by Crippen LogP contribution is 1.92. The van der Waals surface area contributed by atoms with Crippen LogP contribution in [0.25, 0.3) is 0 Å². The van der Waals surface area contributed by atoms with Gasteiger partial charge in [-0.3, -0.25) is 14.5 Å². The van der Waals surface area contributed by atoms with E-state index in [-0.39, 0.29) is 25.0 Å². The minimum absolute atomic E-state index is 0.0827. The third kappa shape index (κ3) is 6.36. The number of aliphatic carboxylic acids is 1. The lowest BCUT2D eigenvalue weighted by atomic mass is 10.3. The first-order valence-electron chi connectivity index (χ1n) is 5.36. The Morgan fingerprint density at radius 3 is 2.38 bits per heavy atom. The molecule has 6 nitrogen and oxygen atoms in total. The van der Waals surface area contributed by atoms with Crippen LogP contribution in [0.3, 0.4) is 0 Å². The van der Waals surface area contributed by atoms with Crippen LogP contribution < -0.4 is 11.1 Å². The van der Waals surface area contributed by atoms with Gasteiger partial charge >= 0.3 is 5.97 Å². The summed E-state index contributed by atoms with van der Waals surface area (Å²) in [6, 6.07) is -0.869. The van der Waals surface area contributed by atoms with Gasteiger partial charge in [-0.1, -0.05) is 6.92 Å². The second-order valence-electron chi connectivity index (χ2n) is 3.99. The van der Waals surface area contributed by atoms with Crippen LogP contribution in [0, 0.1) is 0 Å². The molecule has 0 aromatic rings. The van der Waals surface area contributed by atoms with Crippen molar-refractivity contribution in [2.45, 2.75) is 32.9 Å². The standard InChI is InChI=1S/C10H21N3O3/c1-4-13(5-8(11)10(15)16)6-9(14)12-7(2)3/h7-8H,4-6,11H2,1-3H3,(H,12,14)(H,15,16). The van der Waals surface area contributed by atoms with Gasteiger partial charge in [0.05, 0.1) is 6.54 Å². The van der Waals surface area contributed by atoms with Gasteiger partial charge in [0, 0.05) is 12.6 Å². The summed E-state index contributed by atoms with van der Waals surface area (Å²) in [5, 5.41) is 11.4. The van der Waals surface area contributed by atoms with E-state index in [1.54, 1.807) is 4.90 Å². The number of carbonyl (C=O) groups is 2. The fourth-order valence-corrected chi connectivity index (χ4v) is 1.23. The van der Waals surface area contributed by atoms with Crippen molar-refractivity contribution < 1.29 is 14.7 Å². The van der Waals surface area contributed by atoms with E-state index in [0.29, 0.717) is 6.54 Å². The lowest BCUT2D eigenvalue weighted by Crippen LogP contribution is -2.47. The maximum atomic E-state index is 11.4. The number of hydrogen-bond acceptors (Lipinski definition) is 4. The molecule has 0 aliphatic carbocycles. The van der Waals surface area contributed by atoms with Crippen LogP contribution in [0.4, 0.5) is 0 Å². The Morgan fingerprint density at radius 1 is 1.44 bits per heavy atom. The topological polar surface area (TPSA) is 95.7 Å². The van der Waals surface area contributed by atoms with E-state index < -0.39 is 12.0 Å². The first-order chi connectivity index (χ1) is 7.36. The van der Waals surface area contributed by atoms with Crippen molar-refractivity contribution in [3.8, 4) is 0 Å².